The van der Waals surface area contributed by atoms with Crippen LogP contribution in [0.5, 0.6) is 0 Å². The molecule has 2 rings (SSSR count). The maximum absolute atomic E-state index is 2.36. The van der Waals surface area contributed by atoms with Crippen molar-refractivity contribution in [3.63, 3.8) is 0 Å². The van der Waals surface area contributed by atoms with E-state index in [-0.39, 0.29) is 0 Å². The van der Waals surface area contributed by atoms with E-state index >= 15 is 0 Å². The molecule has 0 amide bonds. The van der Waals surface area contributed by atoms with Gasteiger partial charge in [0, 0.05) is 9.75 Å². The number of rotatable bonds is 26. The minimum Gasteiger partial charge on any atom is -0.129 e. The molecule has 4 heteroatoms. The smallest absolute Gasteiger partial charge is 0.0639 e. The molecule has 0 N–H and O–H groups in total. The van der Waals surface area contributed by atoms with Crippen molar-refractivity contribution in [2.45, 2.75) is 153 Å². The fraction of sp³-hybridized carbons (Fsp3) is 0.571. The Bertz CT molecular complexity index is 1120. The molecule has 0 aliphatic rings. The van der Waals surface area contributed by atoms with Crippen LogP contribution in [0.1, 0.15) is 151 Å². The molecule has 0 saturated heterocycles. The van der Waals surface area contributed by atoms with Gasteiger partial charge >= 0.3 is 0 Å². The molecule has 0 atom stereocenters. The highest BCUT2D eigenvalue weighted by Gasteiger charge is 2.17. The van der Waals surface area contributed by atoms with Crippen LogP contribution in [0.15, 0.2) is 57.0 Å². The van der Waals surface area contributed by atoms with E-state index in [9.17, 15) is 0 Å². The minimum absolute atomic E-state index is 1.21. The monoisotopic (exact) mass is 696 g/mol. The molecule has 0 aliphatic carbocycles. The third-order valence-corrected chi connectivity index (χ3v) is 13.4. The van der Waals surface area contributed by atoms with Crippen molar-refractivity contribution in [2.24, 2.45) is 0 Å². The van der Waals surface area contributed by atoms with Crippen molar-refractivity contribution in [1.29, 1.82) is 0 Å². The molecule has 2 aromatic heterocycles. The summed E-state index contributed by atoms with van der Waals surface area (Å²) < 4.78 is 3.16. The molecule has 0 aliphatic heterocycles. The quantitative estimate of drug-likeness (QED) is 0.0545. The second-order valence-corrected chi connectivity index (χ2v) is 16.9. The topological polar surface area (TPSA) is 0 Å². The van der Waals surface area contributed by atoms with Crippen LogP contribution in [0.3, 0.4) is 0 Å². The van der Waals surface area contributed by atoms with E-state index in [4.69, 9.17) is 0 Å². The average Bonchev–Trinajstić information content (AvgIpc) is 3.57. The van der Waals surface area contributed by atoms with Crippen LogP contribution in [-0.2, 0) is 25.7 Å². The lowest BCUT2D eigenvalue weighted by Gasteiger charge is -2.07. The van der Waals surface area contributed by atoms with Gasteiger partial charge in [-0.3, -0.25) is 0 Å². The number of unbranched alkanes of at least 4 members (excludes halogenated alkanes) is 6. The zero-order valence-electron chi connectivity index (χ0n) is 30.1. The van der Waals surface area contributed by atoms with E-state index in [1.165, 1.54) is 124 Å². The van der Waals surface area contributed by atoms with E-state index in [0.717, 1.165) is 0 Å². The third-order valence-electron chi connectivity index (χ3n) is 8.08. The Morgan fingerprint density at radius 1 is 0.391 bits per heavy atom. The number of thioether (sulfide) groups is 2. The summed E-state index contributed by atoms with van der Waals surface area (Å²) in [4.78, 5) is 2.96. The van der Waals surface area contributed by atoms with Crippen LogP contribution in [0.2, 0.25) is 0 Å². The lowest BCUT2D eigenvalue weighted by atomic mass is 10.00. The van der Waals surface area contributed by atoms with E-state index in [1.54, 1.807) is 30.7 Å². The maximum Gasteiger partial charge on any atom is 0.0639 e. The zero-order valence-corrected chi connectivity index (χ0v) is 33.4. The lowest BCUT2D eigenvalue weighted by Crippen LogP contribution is -1.94. The van der Waals surface area contributed by atoms with Crippen LogP contribution in [0.4, 0.5) is 0 Å². The highest BCUT2D eigenvalue weighted by molar-refractivity contribution is 8.01. The first-order valence-electron chi connectivity index (χ1n) is 18.5. The molecule has 0 bridgehead atoms. The molecule has 0 spiro atoms. The van der Waals surface area contributed by atoms with Gasteiger partial charge in [0.2, 0.25) is 0 Å². The second kappa shape index (κ2) is 26.7. The number of allylic oxidation sites excluding steroid dienone is 8. The van der Waals surface area contributed by atoms with Crippen molar-refractivity contribution in [2.75, 3.05) is 11.5 Å². The van der Waals surface area contributed by atoms with Gasteiger partial charge in [-0.15, -0.1) is 46.2 Å². The first kappa shape index (κ1) is 41.0. The summed E-state index contributed by atoms with van der Waals surface area (Å²) in [5.41, 5.74) is 6.57. The van der Waals surface area contributed by atoms with Crippen molar-refractivity contribution < 1.29 is 0 Å². The van der Waals surface area contributed by atoms with Crippen LogP contribution in [0, 0.1) is 0 Å². The van der Waals surface area contributed by atoms with Gasteiger partial charge in [-0.05, 0) is 110 Å². The zero-order chi connectivity index (χ0) is 33.2. The van der Waals surface area contributed by atoms with Gasteiger partial charge in [0.1, 0.15) is 0 Å². The maximum atomic E-state index is 2.36. The number of hydrogen-bond acceptors (Lipinski definition) is 4. The molecular weight excluding hydrogens is 633 g/mol. The molecule has 256 valence electrons. The van der Waals surface area contributed by atoms with Crippen LogP contribution < -0.4 is 0 Å². The second-order valence-electron chi connectivity index (χ2n) is 12.1. The van der Waals surface area contributed by atoms with Crippen molar-refractivity contribution in [3.8, 4) is 0 Å². The Kier molecular flexibility index (Phi) is 23.8. The Labute approximate surface area is 301 Å². The van der Waals surface area contributed by atoms with Gasteiger partial charge in [0.15, 0.2) is 0 Å². The molecule has 2 aromatic rings. The van der Waals surface area contributed by atoms with Gasteiger partial charge in [0.25, 0.3) is 0 Å². The molecule has 0 nitrogen and oxygen atoms in total. The Hall–Kier alpha value is -1.20. The predicted molar refractivity (Wildman–Crippen MR) is 220 cm³/mol. The Morgan fingerprint density at radius 3 is 1.02 bits per heavy atom. The first-order chi connectivity index (χ1) is 22.6. The summed E-state index contributed by atoms with van der Waals surface area (Å²) in [6.07, 6.45) is 42.4. The molecule has 0 aromatic carbocycles. The Morgan fingerprint density at radius 2 is 0.696 bits per heavy atom. The first-order valence-corrected chi connectivity index (χ1v) is 22.1. The van der Waals surface area contributed by atoms with Crippen LogP contribution in [0.25, 0.3) is 12.2 Å². The standard InChI is InChI=1S/C42H64S4/c1-7-13-27-35-37(29-15-9-3)41(43-33-17-11-5)45-39(35)31-25-23-21-19-20-22-24-26-32-40-36(28-14-8-2)38(30-16-10-4)42(46-40)44-34-18-12-6/h19-26,31-32H,7-18,27-30,33-34H2,1-6H3/b20-19+,23-21+,24-22+,31-25+,32-26+. The summed E-state index contributed by atoms with van der Waals surface area (Å²) in [5.74, 6) is 2.48. The van der Waals surface area contributed by atoms with Crippen molar-refractivity contribution in [3.05, 3.63) is 80.6 Å². The summed E-state index contributed by atoms with van der Waals surface area (Å²) in [7, 11) is 0. The van der Waals surface area contributed by atoms with Crippen molar-refractivity contribution in [1.82, 2.24) is 0 Å². The molecule has 2 heterocycles. The molecule has 0 radical (unpaired) electrons. The van der Waals surface area contributed by atoms with Gasteiger partial charge in [-0.1, -0.05) is 129 Å². The molecule has 46 heavy (non-hydrogen) atoms. The van der Waals surface area contributed by atoms with Gasteiger partial charge in [0.05, 0.1) is 8.42 Å². The SMILES string of the molecule is CCCCSc1sc(/C=C/C=C/C=C/C=C/C=C/c2sc(SCCCC)c(CCCC)c2CCCC)c(CCCC)c1CCCC. The van der Waals surface area contributed by atoms with Gasteiger partial charge < -0.3 is 0 Å². The van der Waals surface area contributed by atoms with Crippen LogP contribution in [-0.4, -0.2) is 11.5 Å². The summed E-state index contributed by atoms with van der Waals surface area (Å²) in [5, 5.41) is 0. The number of hydrogen-bond donors (Lipinski definition) is 0. The normalized spacial score (nSPS) is 12.6. The van der Waals surface area contributed by atoms with E-state index < -0.39 is 0 Å². The highest BCUT2D eigenvalue weighted by atomic mass is 32.2. The minimum atomic E-state index is 1.21. The van der Waals surface area contributed by atoms with E-state index in [0.29, 0.717) is 0 Å². The fourth-order valence-electron chi connectivity index (χ4n) is 5.25. The molecule has 0 fully saturated rings. The predicted octanol–water partition coefficient (Wildman–Crippen LogP) is 15.4. The molecule has 0 saturated carbocycles. The third kappa shape index (κ3) is 15.3. The van der Waals surface area contributed by atoms with E-state index in [1.807, 2.05) is 22.7 Å². The number of thiophene rings is 2. The lowest BCUT2D eigenvalue weighted by molar-refractivity contribution is 0.755. The summed E-state index contributed by atoms with van der Waals surface area (Å²) in [6.45, 7) is 13.8. The van der Waals surface area contributed by atoms with Gasteiger partial charge in [-0.25, -0.2) is 0 Å². The fourth-order valence-corrected chi connectivity index (χ4v) is 10.9. The Balaban J connectivity index is 2.09. The van der Waals surface area contributed by atoms with Crippen LogP contribution >= 0.6 is 46.2 Å². The van der Waals surface area contributed by atoms with Gasteiger partial charge in [-0.2, -0.15) is 0 Å². The summed E-state index contributed by atoms with van der Waals surface area (Å²) >= 11 is 8.27. The molecule has 0 unspecified atom stereocenters. The average molecular weight is 697 g/mol. The largest absolute Gasteiger partial charge is 0.129 e. The van der Waals surface area contributed by atoms with E-state index in [2.05, 4.69) is 126 Å². The summed E-state index contributed by atoms with van der Waals surface area (Å²) in [6, 6.07) is 0. The molecular formula is C42H64S4. The van der Waals surface area contributed by atoms with Crippen molar-refractivity contribution >= 4 is 58.3 Å². The highest BCUT2D eigenvalue weighted by Crippen LogP contribution is 2.40.